The van der Waals surface area contributed by atoms with Gasteiger partial charge in [-0.3, -0.25) is 9.08 Å². The van der Waals surface area contributed by atoms with E-state index in [2.05, 4.69) is 37.0 Å². The van der Waals surface area contributed by atoms with Gasteiger partial charge in [0.05, 0.1) is 9.15 Å². The Bertz CT molecular complexity index is 754. The van der Waals surface area contributed by atoms with E-state index in [1.165, 1.54) is 18.2 Å². The number of rotatable bonds is 3. The first-order valence-corrected chi connectivity index (χ1v) is 9.40. The molecule has 1 aromatic rings. The van der Waals surface area contributed by atoms with Crippen LogP contribution in [0.4, 0.5) is 0 Å². The standard InChI is InChI=1S/C14H13Br2NO4S/c1-9-8-11(18)12(15)14(2,16)13(9)17-21-22(19,20)10-6-4-3-5-7-10/h3-8,12H,1-2H3. The lowest BCUT2D eigenvalue weighted by Crippen LogP contribution is -2.46. The molecule has 1 aliphatic carbocycles. The third-order valence-corrected chi connectivity index (χ3v) is 7.11. The van der Waals surface area contributed by atoms with Crippen molar-refractivity contribution in [2.45, 2.75) is 27.9 Å². The molecule has 8 heteroatoms. The van der Waals surface area contributed by atoms with Gasteiger partial charge in [-0.15, -0.1) is 0 Å². The van der Waals surface area contributed by atoms with E-state index in [0.29, 0.717) is 11.3 Å². The number of allylic oxidation sites excluding steroid dienone is 2. The summed E-state index contributed by atoms with van der Waals surface area (Å²) in [5, 5.41) is 3.78. The Kier molecular flexibility index (Phi) is 4.93. The molecular weight excluding hydrogens is 438 g/mol. The van der Waals surface area contributed by atoms with Gasteiger partial charge in [0.15, 0.2) is 5.78 Å². The maximum absolute atomic E-state index is 12.1. The molecule has 2 atom stereocenters. The Labute approximate surface area is 145 Å². The largest absolute Gasteiger partial charge is 0.358 e. The first-order chi connectivity index (χ1) is 10.2. The summed E-state index contributed by atoms with van der Waals surface area (Å²) >= 11 is 6.70. The zero-order valence-electron chi connectivity index (χ0n) is 11.8. The maximum atomic E-state index is 12.1. The molecule has 0 spiro atoms. The van der Waals surface area contributed by atoms with Crippen molar-refractivity contribution in [3.63, 3.8) is 0 Å². The molecule has 0 saturated carbocycles. The van der Waals surface area contributed by atoms with E-state index in [-0.39, 0.29) is 10.7 Å². The molecule has 0 heterocycles. The van der Waals surface area contributed by atoms with Crippen LogP contribution in [0.5, 0.6) is 0 Å². The minimum absolute atomic E-state index is 0.0135. The molecule has 0 aromatic heterocycles. The van der Waals surface area contributed by atoms with Crippen molar-refractivity contribution < 1.29 is 17.5 Å². The van der Waals surface area contributed by atoms with Crippen molar-refractivity contribution >= 4 is 53.5 Å². The molecule has 0 aliphatic heterocycles. The molecule has 2 rings (SSSR count). The number of carbonyl (C=O) groups excluding carboxylic acids is 1. The second kappa shape index (κ2) is 6.25. The van der Waals surface area contributed by atoms with Crippen molar-refractivity contribution in [2.75, 3.05) is 0 Å². The van der Waals surface area contributed by atoms with E-state index in [9.17, 15) is 13.2 Å². The lowest BCUT2D eigenvalue weighted by Gasteiger charge is -2.31. The van der Waals surface area contributed by atoms with E-state index < -0.39 is 19.3 Å². The molecule has 2 unspecified atom stereocenters. The third-order valence-electron chi connectivity index (χ3n) is 3.18. The summed E-state index contributed by atoms with van der Waals surface area (Å²) < 4.78 is 28.1. The van der Waals surface area contributed by atoms with Crippen molar-refractivity contribution in [1.29, 1.82) is 0 Å². The van der Waals surface area contributed by atoms with Gasteiger partial charge in [0.25, 0.3) is 0 Å². The molecule has 0 fully saturated rings. The normalized spacial score (nSPS) is 27.6. The van der Waals surface area contributed by atoms with Gasteiger partial charge in [-0.05, 0) is 37.6 Å². The van der Waals surface area contributed by atoms with Crippen LogP contribution in [0.2, 0.25) is 0 Å². The molecule has 1 aliphatic rings. The topological polar surface area (TPSA) is 72.8 Å². The van der Waals surface area contributed by atoms with E-state index >= 15 is 0 Å². The van der Waals surface area contributed by atoms with Gasteiger partial charge in [0.1, 0.15) is 10.6 Å². The summed E-state index contributed by atoms with van der Waals surface area (Å²) in [5.74, 6) is -0.123. The second-order valence-corrected chi connectivity index (χ2v) is 9.04. The second-order valence-electron chi connectivity index (χ2n) is 4.95. The van der Waals surface area contributed by atoms with Gasteiger partial charge in [0, 0.05) is 0 Å². The van der Waals surface area contributed by atoms with Gasteiger partial charge in [0.2, 0.25) is 0 Å². The highest BCUT2D eigenvalue weighted by molar-refractivity contribution is 9.13. The average molecular weight is 451 g/mol. The van der Waals surface area contributed by atoms with E-state index in [1.54, 1.807) is 32.0 Å². The van der Waals surface area contributed by atoms with Crippen LogP contribution in [0.3, 0.4) is 0 Å². The Morgan fingerprint density at radius 2 is 1.86 bits per heavy atom. The highest BCUT2D eigenvalue weighted by Crippen LogP contribution is 2.36. The molecule has 0 saturated heterocycles. The number of carbonyl (C=O) groups is 1. The molecule has 22 heavy (non-hydrogen) atoms. The zero-order valence-corrected chi connectivity index (χ0v) is 15.8. The fraction of sp³-hybridized carbons (Fsp3) is 0.286. The number of halogens is 2. The predicted octanol–water partition coefficient (Wildman–Crippen LogP) is 3.19. The highest BCUT2D eigenvalue weighted by atomic mass is 79.9. The molecule has 118 valence electrons. The van der Waals surface area contributed by atoms with E-state index in [1.807, 2.05) is 0 Å². The number of alkyl halides is 2. The Hall–Kier alpha value is -0.990. The van der Waals surface area contributed by atoms with Crippen molar-refractivity contribution in [2.24, 2.45) is 5.16 Å². The number of nitrogens with zero attached hydrogens (tertiary/aromatic N) is 1. The summed E-state index contributed by atoms with van der Waals surface area (Å²) in [6, 6.07) is 7.73. The van der Waals surface area contributed by atoms with Gasteiger partial charge in [-0.1, -0.05) is 55.2 Å². The quantitative estimate of drug-likeness (QED) is 0.523. The van der Waals surface area contributed by atoms with Crippen LogP contribution in [-0.2, 0) is 19.2 Å². The van der Waals surface area contributed by atoms with Crippen LogP contribution in [0, 0.1) is 0 Å². The summed E-state index contributed by atoms with van der Waals surface area (Å²) in [4.78, 5) is 11.3. The van der Waals surface area contributed by atoms with Gasteiger partial charge >= 0.3 is 10.1 Å². The molecule has 0 N–H and O–H groups in total. The SMILES string of the molecule is CC1=CC(=O)C(Br)C(C)(Br)C1=NOS(=O)(=O)c1ccccc1. The molecule has 0 bridgehead atoms. The Balaban J connectivity index is 2.37. The van der Waals surface area contributed by atoms with Crippen LogP contribution in [0.15, 0.2) is 52.0 Å². The zero-order chi connectivity index (χ0) is 16.5. The predicted molar refractivity (Wildman–Crippen MR) is 91.0 cm³/mol. The van der Waals surface area contributed by atoms with Crippen molar-refractivity contribution in [1.82, 2.24) is 0 Å². The molecule has 5 nitrogen and oxygen atoms in total. The number of hydrogen-bond acceptors (Lipinski definition) is 5. The van der Waals surface area contributed by atoms with Crippen LogP contribution in [0.1, 0.15) is 13.8 Å². The minimum Gasteiger partial charge on any atom is -0.294 e. The van der Waals surface area contributed by atoms with Crippen LogP contribution >= 0.6 is 31.9 Å². The van der Waals surface area contributed by atoms with Gasteiger partial charge in [-0.25, -0.2) is 0 Å². The van der Waals surface area contributed by atoms with E-state index in [4.69, 9.17) is 4.28 Å². The van der Waals surface area contributed by atoms with Crippen LogP contribution in [0.25, 0.3) is 0 Å². The van der Waals surface area contributed by atoms with Gasteiger partial charge < -0.3 is 0 Å². The first-order valence-electron chi connectivity index (χ1n) is 6.29. The van der Waals surface area contributed by atoms with Crippen LogP contribution in [-0.4, -0.2) is 29.1 Å². The lowest BCUT2D eigenvalue weighted by molar-refractivity contribution is -0.114. The monoisotopic (exact) mass is 449 g/mol. The van der Waals surface area contributed by atoms with Gasteiger partial charge in [-0.2, -0.15) is 8.42 Å². The number of oxime groups is 1. The molecule has 1 aromatic carbocycles. The summed E-state index contributed by atoms with van der Waals surface area (Å²) in [5.41, 5.74) is 0.886. The third kappa shape index (κ3) is 3.33. The summed E-state index contributed by atoms with van der Waals surface area (Å²) in [6.45, 7) is 3.39. The number of hydrogen-bond donors (Lipinski definition) is 0. The Morgan fingerprint density at radius 3 is 2.45 bits per heavy atom. The van der Waals surface area contributed by atoms with E-state index in [0.717, 1.165) is 0 Å². The molecule has 0 amide bonds. The summed E-state index contributed by atoms with van der Waals surface area (Å²) in [6.07, 6.45) is 1.40. The van der Waals surface area contributed by atoms with Crippen molar-refractivity contribution in [3.05, 3.63) is 42.0 Å². The molecule has 0 radical (unpaired) electrons. The number of ketones is 1. The Morgan fingerprint density at radius 1 is 1.27 bits per heavy atom. The summed E-state index contributed by atoms with van der Waals surface area (Å²) in [7, 11) is -4.00. The average Bonchev–Trinajstić information content (AvgIpc) is 2.45. The minimum atomic E-state index is -4.00. The smallest absolute Gasteiger partial charge is 0.294 e. The van der Waals surface area contributed by atoms with Crippen LogP contribution < -0.4 is 0 Å². The highest BCUT2D eigenvalue weighted by Gasteiger charge is 2.43. The fourth-order valence-electron chi connectivity index (χ4n) is 2.01. The lowest BCUT2D eigenvalue weighted by atomic mass is 9.88. The maximum Gasteiger partial charge on any atom is 0.358 e. The molecular formula is C14H13Br2NO4S. The number of benzene rings is 1. The van der Waals surface area contributed by atoms with Crippen molar-refractivity contribution in [3.8, 4) is 0 Å². The first kappa shape index (κ1) is 17.4. The fourth-order valence-corrected chi connectivity index (χ4v) is 3.71.